The number of carbonyl (C=O) groups is 1. The number of rotatable bonds is 3. The second-order valence-electron chi connectivity index (χ2n) is 4.83. The van der Waals surface area contributed by atoms with Gasteiger partial charge in [0, 0.05) is 49.7 Å². The molecule has 0 atom stereocenters. The third-order valence-corrected chi connectivity index (χ3v) is 4.12. The Bertz CT molecular complexity index is 457. The van der Waals surface area contributed by atoms with Gasteiger partial charge in [-0.05, 0) is 24.1 Å². The summed E-state index contributed by atoms with van der Waals surface area (Å²) in [6.07, 6.45) is 0.913. The van der Waals surface area contributed by atoms with E-state index < -0.39 is 0 Å². The summed E-state index contributed by atoms with van der Waals surface area (Å²) in [5.74, 6) is 0.167. The number of amides is 1. The highest BCUT2D eigenvalue weighted by atomic mass is 35.5. The molecule has 0 unspecified atom stereocenters. The fourth-order valence-electron chi connectivity index (χ4n) is 2.29. The highest BCUT2D eigenvalue weighted by molar-refractivity contribution is 6.35. The van der Waals surface area contributed by atoms with Crippen molar-refractivity contribution in [3.63, 3.8) is 0 Å². The average molecular weight is 301 g/mol. The Morgan fingerprint density at radius 1 is 1.21 bits per heavy atom. The van der Waals surface area contributed by atoms with Crippen molar-refractivity contribution in [1.29, 1.82) is 0 Å². The Morgan fingerprint density at radius 3 is 2.47 bits per heavy atom. The van der Waals surface area contributed by atoms with Crippen molar-refractivity contribution in [3.05, 3.63) is 33.8 Å². The molecule has 3 nitrogen and oxygen atoms in total. The van der Waals surface area contributed by atoms with Gasteiger partial charge < -0.3 is 4.90 Å². The third-order valence-electron chi connectivity index (χ3n) is 3.53. The molecule has 1 fully saturated rings. The first-order valence-electron chi connectivity index (χ1n) is 6.48. The number of benzene rings is 1. The van der Waals surface area contributed by atoms with E-state index in [1.54, 1.807) is 13.0 Å². The zero-order chi connectivity index (χ0) is 13.8. The predicted octanol–water partition coefficient (Wildman–Crippen LogP) is 2.70. The Balaban J connectivity index is 1.82. The van der Waals surface area contributed by atoms with E-state index in [1.807, 2.05) is 17.0 Å². The number of hydrogen-bond donors (Lipinski definition) is 0. The minimum absolute atomic E-state index is 0.167. The summed E-state index contributed by atoms with van der Waals surface area (Å²) in [4.78, 5) is 15.5. The number of carbonyl (C=O) groups excluding carboxylic acids is 1. The Labute approximate surface area is 124 Å². The summed E-state index contributed by atoms with van der Waals surface area (Å²) in [5, 5.41) is 1.40. The molecule has 0 N–H and O–H groups in total. The molecule has 1 amide bonds. The summed E-state index contributed by atoms with van der Waals surface area (Å²) >= 11 is 12.0. The van der Waals surface area contributed by atoms with Gasteiger partial charge in [0.2, 0.25) is 5.91 Å². The van der Waals surface area contributed by atoms with Crippen LogP contribution in [0.1, 0.15) is 12.5 Å². The average Bonchev–Trinajstić information content (AvgIpc) is 2.38. The predicted molar refractivity (Wildman–Crippen MR) is 78.9 cm³/mol. The molecule has 1 aromatic rings. The maximum Gasteiger partial charge on any atom is 0.219 e. The van der Waals surface area contributed by atoms with Crippen LogP contribution in [0.25, 0.3) is 0 Å². The molecular weight excluding hydrogens is 283 g/mol. The summed E-state index contributed by atoms with van der Waals surface area (Å²) in [7, 11) is 0. The van der Waals surface area contributed by atoms with Crippen molar-refractivity contribution >= 4 is 29.1 Å². The van der Waals surface area contributed by atoms with E-state index in [1.165, 1.54) is 0 Å². The largest absolute Gasteiger partial charge is 0.340 e. The van der Waals surface area contributed by atoms with Gasteiger partial charge in [-0.3, -0.25) is 9.69 Å². The van der Waals surface area contributed by atoms with Crippen LogP contribution >= 0.6 is 23.2 Å². The fourth-order valence-corrected chi connectivity index (χ4v) is 2.79. The summed E-state index contributed by atoms with van der Waals surface area (Å²) in [6, 6.07) is 5.64. The van der Waals surface area contributed by atoms with E-state index in [0.29, 0.717) is 5.02 Å². The maximum atomic E-state index is 11.2. The maximum absolute atomic E-state index is 11.2. The molecule has 19 heavy (non-hydrogen) atoms. The van der Waals surface area contributed by atoms with Gasteiger partial charge in [-0.15, -0.1) is 0 Å². The van der Waals surface area contributed by atoms with Crippen LogP contribution in [-0.2, 0) is 11.2 Å². The van der Waals surface area contributed by atoms with Crippen molar-refractivity contribution < 1.29 is 4.79 Å². The molecular formula is C14H18Cl2N2O. The molecule has 0 bridgehead atoms. The monoisotopic (exact) mass is 300 g/mol. The Hall–Kier alpha value is -0.770. The van der Waals surface area contributed by atoms with Crippen molar-refractivity contribution in [2.45, 2.75) is 13.3 Å². The molecule has 104 valence electrons. The fraction of sp³-hybridized carbons (Fsp3) is 0.500. The van der Waals surface area contributed by atoms with Crippen molar-refractivity contribution in [2.24, 2.45) is 0 Å². The van der Waals surface area contributed by atoms with Crippen LogP contribution in [0.3, 0.4) is 0 Å². The number of hydrogen-bond acceptors (Lipinski definition) is 2. The minimum atomic E-state index is 0.167. The second kappa shape index (κ2) is 6.60. The lowest BCUT2D eigenvalue weighted by Crippen LogP contribution is -2.48. The topological polar surface area (TPSA) is 23.6 Å². The van der Waals surface area contributed by atoms with Gasteiger partial charge in [0.15, 0.2) is 0 Å². The zero-order valence-corrected chi connectivity index (χ0v) is 12.5. The van der Waals surface area contributed by atoms with Gasteiger partial charge in [0.05, 0.1) is 0 Å². The highest BCUT2D eigenvalue weighted by Gasteiger charge is 2.18. The SMILES string of the molecule is CC(=O)N1CCN(CCc2ccc(Cl)cc2Cl)CC1. The van der Waals surface area contributed by atoms with Gasteiger partial charge in [-0.25, -0.2) is 0 Å². The lowest BCUT2D eigenvalue weighted by Gasteiger charge is -2.34. The van der Waals surface area contributed by atoms with Gasteiger partial charge in [-0.1, -0.05) is 29.3 Å². The van der Waals surface area contributed by atoms with Crippen LogP contribution in [0.4, 0.5) is 0 Å². The van der Waals surface area contributed by atoms with E-state index in [4.69, 9.17) is 23.2 Å². The zero-order valence-electron chi connectivity index (χ0n) is 11.0. The van der Waals surface area contributed by atoms with Gasteiger partial charge in [0.1, 0.15) is 0 Å². The normalized spacial score (nSPS) is 16.7. The molecule has 0 spiro atoms. The van der Waals surface area contributed by atoms with Crippen LogP contribution in [0.2, 0.25) is 10.0 Å². The van der Waals surface area contributed by atoms with Crippen LogP contribution in [0.5, 0.6) is 0 Å². The van der Waals surface area contributed by atoms with Crippen LogP contribution in [0.15, 0.2) is 18.2 Å². The molecule has 1 heterocycles. The first-order chi connectivity index (χ1) is 9.06. The van der Waals surface area contributed by atoms with E-state index >= 15 is 0 Å². The molecule has 0 aliphatic carbocycles. The number of piperazine rings is 1. The lowest BCUT2D eigenvalue weighted by atomic mass is 10.1. The van der Waals surface area contributed by atoms with Crippen LogP contribution < -0.4 is 0 Å². The van der Waals surface area contributed by atoms with E-state index in [2.05, 4.69) is 4.90 Å². The Morgan fingerprint density at radius 2 is 1.89 bits per heavy atom. The molecule has 1 aliphatic heterocycles. The van der Waals surface area contributed by atoms with Crippen molar-refractivity contribution in [2.75, 3.05) is 32.7 Å². The Kier molecular flexibility index (Phi) is 5.08. The first kappa shape index (κ1) is 14.6. The quantitative estimate of drug-likeness (QED) is 0.857. The first-order valence-corrected chi connectivity index (χ1v) is 7.23. The van der Waals surface area contributed by atoms with E-state index in [0.717, 1.165) is 49.7 Å². The summed E-state index contributed by atoms with van der Waals surface area (Å²) < 4.78 is 0. The molecule has 1 aliphatic rings. The molecule has 0 saturated carbocycles. The molecule has 1 saturated heterocycles. The van der Waals surface area contributed by atoms with Crippen LogP contribution in [-0.4, -0.2) is 48.4 Å². The molecule has 0 radical (unpaired) electrons. The van der Waals surface area contributed by atoms with Crippen molar-refractivity contribution in [1.82, 2.24) is 9.80 Å². The van der Waals surface area contributed by atoms with Gasteiger partial charge in [0.25, 0.3) is 0 Å². The van der Waals surface area contributed by atoms with Crippen molar-refractivity contribution in [3.8, 4) is 0 Å². The smallest absolute Gasteiger partial charge is 0.219 e. The number of nitrogens with zero attached hydrogens (tertiary/aromatic N) is 2. The second-order valence-corrected chi connectivity index (χ2v) is 5.68. The summed E-state index contributed by atoms with van der Waals surface area (Å²) in [6.45, 7) is 6.11. The van der Waals surface area contributed by atoms with E-state index in [-0.39, 0.29) is 5.91 Å². The highest BCUT2D eigenvalue weighted by Crippen LogP contribution is 2.21. The van der Waals surface area contributed by atoms with Crippen LogP contribution in [0, 0.1) is 0 Å². The van der Waals surface area contributed by atoms with Gasteiger partial charge >= 0.3 is 0 Å². The lowest BCUT2D eigenvalue weighted by molar-refractivity contribution is -0.130. The molecule has 2 rings (SSSR count). The minimum Gasteiger partial charge on any atom is -0.340 e. The summed E-state index contributed by atoms with van der Waals surface area (Å²) in [5.41, 5.74) is 1.13. The van der Waals surface area contributed by atoms with Gasteiger partial charge in [-0.2, -0.15) is 0 Å². The standard InChI is InChI=1S/C14H18Cl2N2O/c1-11(19)18-8-6-17(7-9-18)5-4-12-2-3-13(15)10-14(12)16/h2-3,10H,4-9H2,1H3. The molecule has 5 heteroatoms. The molecule has 0 aromatic heterocycles. The number of halogens is 2. The van der Waals surface area contributed by atoms with E-state index in [9.17, 15) is 4.79 Å². The molecule has 1 aromatic carbocycles. The third kappa shape index (κ3) is 4.10.